The van der Waals surface area contributed by atoms with E-state index in [1.807, 2.05) is 26.2 Å². The smallest absolute Gasteiger partial charge is 0.224 e. The van der Waals surface area contributed by atoms with Crippen LogP contribution in [0.4, 0.5) is 5.69 Å². The maximum absolute atomic E-state index is 11.6. The zero-order valence-electron chi connectivity index (χ0n) is 10.1. The molecule has 0 fully saturated rings. The summed E-state index contributed by atoms with van der Waals surface area (Å²) in [6.45, 7) is 7.40. The van der Waals surface area contributed by atoms with Crippen molar-refractivity contribution in [2.45, 2.75) is 34.1 Å². The van der Waals surface area contributed by atoms with E-state index >= 15 is 0 Å². The molecule has 1 aromatic heterocycles. The SMILES string of the molecule is CC(=O)c1scc(C)c1NC(=O)CC(C)C. The Morgan fingerprint density at radius 3 is 2.56 bits per heavy atom. The molecule has 1 N–H and O–H groups in total. The lowest BCUT2D eigenvalue weighted by atomic mass is 10.1. The summed E-state index contributed by atoms with van der Waals surface area (Å²) in [6.07, 6.45) is 0.479. The van der Waals surface area contributed by atoms with Crippen LogP contribution in [0.3, 0.4) is 0 Å². The minimum absolute atomic E-state index is 0.00190. The van der Waals surface area contributed by atoms with Crippen molar-refractivity contribution in [3.8, 4) is 0 Å². The van der Waals surface area contributed by atoms with Gasteiger partial charge in [0.05, 0.1) is 10.6 Å². The molecule has 1 aromatic rings. The van der Waals surface area contributed by atoms with E-state index in [4.69, 9.17) is 0 Å². The second-order valence-electron chi connectivity index (χ2n) is 4.33. The Bertz CT molecular complexity index is 407. The number of hydrogen-bond donors (Lipinski definition) is 1. The van der Waals surface area contributed by atoms with Gasteiger partial charge in [0.25, 0.3) is 0 Å². The molecule has 0 aromatic carbocycles. The fourth-order valence-corrected chi connectivity index (χ4v) is 2.33. The van der Waals surface area contributed by atoms with Gasteiger partial charge in [0.1, 0.15) is 0 Å². The summed E-state index contributed by atoms with van der Waals surface area (Å²) in [5.41, 5.74) is 1.63. The Kier molecular flexibility index (Phi) is 4.24. The van der Waals surface area contributed by atoms with E-state index in [1.54, 1.807) is 0 Å². The molecule has 0 saturated carbocycles. The minimum atomic E-state index is -0.0287. The lowest BCUT2D eigenvalue weighted by Crippen LogP contribution is -2.15. The van der Waals surface area contributed by atoms with E-state index in [0.717, 1.165) is 5.56 Å². The van der Waals surface area contributed by atoms with Crippen LogP contribution in [0.15, 0.2) is 5.38 Å². The molecule has 1 amide bonds. The zero-order valence-corrected chi connectivity index (χ0v) is 10.9. The number of carbonyl (C=O) groups is 2. The van der Waals surface area contributed by atoms with Gasteiger partial charge in [-0.1, -0.05) is 13.8 Å². The summed E-state index contributed by atoms with van der Waals surface area (Å²) in [4.78, 5) is 23.6. The molecule has 0 bridgehead atoms. The molecular weight excluding hydrogens is 222 g/mol. The second-order valence-corrected chi connectivity index (χ2v) is 5.20. The lowest BCUT2D eigenvalue weighted by molar-refractivity contribution is -0.116. The highest BCUT2D eigenvalue weighted by Crippen LogP contribution is 2.28. The van der Waals surface area contributed by atoms with Crippen molar-refractivity contribution in [3.63, 3.8) is 0 Å². The second kappa shape index (κ2) is 5.25. The maximum atomic E-state index is 11.6. The van der Waals surface area contributed by atoms with Gasteiger partial charge in [-0.25, -0.2) is 0 Å². The first kappa shape index (κ1) is 12.9. The highest BCUT2D eigenvalue weighted by Gasteiger charge is 2.15. The first-order valence-corrected chi connectivity index (χ1v) is 6.18. The van der Waals surface area contributed by atoms with E-state index in [1.165, 1.54) is 18.3 Å². The first-order valence-electron chi connectivity index (χ1n) is 5.30. The van der Waals surface area contributed by atoms with E-state index in [9.17, 15) is 9.59 Å². The maximum Gasteiger partial charge on any atom is 0.224 e. The monoisotopic (exact) mass is 239 g/mol. The van der Waals surface area contributed by atoms with Crippen LogP contribution in [0.5, 0.6) is 0 Å². The topological polar surface area (TPSA) is 46.2 Å². The molecule has 0 unspecified atom stereocenters. The van der Waals surface area contributed by atoms with Gasteiger partial charge in [0, 0.05) is 13.3 Å². The number of aryl methyl sites for hydroxylation is 1. The van der Waals surface area contributed by atoms with Crippen LogP contribution in [0.2, 0.25) is 0 Å². The molecular formula is C12H17NO2S. The lowest BCUT2D eigenvalue weighted by Gasteiger charge is -2.08. The number of amides is 1. The number of ketones is 1. The van der Waals surface area contributed by atoms with Crippen LogP contribution in [0, 0.1) is 12.8 Å². The van der Waals surface area contributed by atoms with Crippen molar-refractivity contribution >= 4 is 28.7 Å². The molecule has 4 heteroatoms. The number of Topliss-reactive ketones (excluding diaryl/α,β-unsaturated/α-hetero) is 1. The quantitative estimate of drug-likeness (QED) is 0.820. The van der Waals surface area contributed by atoms with E-state index in [2.05, 4.69) is 5.32 Å². The number of thiophene rings is 1. The van der Waals surface area contributed by atoms with Crippen molar-refractivity contribution in [2.24, 2.45) is 5.92 Å². The number of hydrogen-bond acceptors (Lipinski definition) is 3. The van der Waals surface area contributed by atoms with Gasteiger partial charge < -0.3 is 5.32 Å². The van der Waals surface area contributed by atoms with Crippen LogP contribution < -0.4 is 5.32 Å². The molecule has 88 valence electrons. The number of nitrogens with one attached hydrogen (secondary N) is 1. The standard InChI is InChI=1S/C12H17NO2S/c1-7(2)5-10(15)13-11-8(3)6-16-12(11)9(4)14/h6-7H,5H2,1-4H3,(H,13,15). The molecule has 3 nitrogen and oxygen atoms in total. The molecule has 0 saturated heterocycles. The Labute approximate surface area is 99.9 Å². The average molecular weight is 239 g/mol. The van der Waals surface area contributed by atoms with Gasteiger partial charge in [-0.05, 0) is 23.8 Å². The fraction of sp³-hybridized carbons (Fsp3) is 0.500. The van der Waals surface area contributed by atoms with Gasteiger partial charge in [-0.2, -0.15) is 0 Å². The molecule has 16 heavy (non-hydrogen) atoms. The minimum Gasteiger partial charge on any atom is -0.324 e. The van der Waals surface area contributed by atoms with Crippen molar-refractivity contribution in [1.29, 1.82) is 0 Å². The third kappa shape index (κ3) is 3.17. The fourth-order valence-electron chi connectivity index (χ4n) is 1.42. The zero-order chi connectivity index (χ0) is 12.3. The highest BCUT2D eigenvalue weighted by atomic mass is 32.1. The van der Waals surface area contributed by atoms with Crippen LogP contribution in [-0.4, -0.2) is 11.7 Å². The molecule has 0 spiro atoms. The van der Waals surface area contributed by atoms with Crippen molar-refractivity contribution in [1.82, 2.24) is 0 Å². The first-order chi connectivity index (χ1) is 7.41. The Hall–Kier alpha value is -1.16. The molecule has 0 aliphatic heterocycles. The number of rotatable bonds is 4. The van der Waals surface area contributed by atoms with E-state index in [-0.39, 0.29) is 11.7 Å². The summed E-state index contributed by atoms with van der Waals surface area (Å²) in [5.74, 6) is 0.289. The van der Waals surface area contributed by atoms with E-state index in [0.29, 0.717) is 22.9 Å². The van der Waals surface area contributed by atoms with Crippen LogP contribution in [-0.2, 0) is 4.79 Å². The van der Waals surface area contributed by atoms with Crippen LogP contribution in [0.1, 0.15) is 42.4 Å². The third-order valence-electron chi connectivity index (χ3n) is 2.15. The summed E-state index contributed by atoms with van der Waals surface area (Å²) in [6, 6.07) is 0. The van der Waals surface area contributed by atoms with Crippen LogP contribution in [0.25, 0.3) is 0 Å². The Morgan fingerprint density at radius 1 is 1.44 bits per heavy atom. The average Bonchev–Trinajstić information content (AvgIpc) is 2.46. The number of carbonyl (C=O) groups excluding carboxylic acids is 2. The molecule has 1 heterocycles. The molecule has 0 radical (unpaired) electrons. The van der Waals surface area contributed by atoms with Crippen molar-refractivity contribution in [2.75, 3.05) is 5.32 Å². The van der Waals surface area contributed by atoms with Gasteiger partial charge >= 0.3 is 0 Å². The molecule has 1 rings (SSSR count). The normalized spacial score (nSPS) is 10.6. The molecule has 0 aliphatic rings. The van der Waals surface area contributed by atoms with Crippen molar-refractivity contribution < 1.29 is 9.59 Å². The third-order valence-corrected chi connectivity index (χ3v) is 3.35. The highest BCUT2D eigenvalue weighted by molar-refractivity contribution is 7.13. The molecule has 0 atom stereocenters. The van der Waals surface area contributed by atoms with Gasteiger partial charge in [-0.15, -0.1) is 11.3 Å². The Morgan fingerprint density at radius 2 is 2.06 bits per heavy atom. The van der Waals surface area contributed by atoms with Crippen LogP contribution >= 0.6 is 11.3 Å². The van der Waals surface area contributed by atoms with Crippen molar-refractivity contribution in [3.05, 3.63) is 15.8 Å². The predicted octanol–water partition coefficient (Wildman–Crippen LogP) is 3.24. The van der Waals surface area contributed by atoms with Gasteiger partial charge in [0.2, 0.25) is 5.91 Å². The largest absolute Gasteiger partial charge is 0.324 e. The van der Waals surface area contributed by atoms with Gasteiger partial charge in [0.15, 0.2) is 5.78 Å². The predicted molar refractivity (Wildman–Crippen MR) is 67.1 cm³/mol. The summed E-state index contributed by atoms with van der Waals surface area (Å²) in [7, 11) is 0. The summed E-state index contributed by atoms with van der Waals surface area (Å²) < 4.78 is 0. The van der Waals surface area contributed by atoms with Gasteiger partial charge in [-0.3, -0.25) is 9.59 Å². The number of anilines is 1. The summed E-state index contributed by atoms with van der Waals surface area (Å²) >= 11 is 1.38. The Balaban J connectivity index is 2.84. The van der Waals surface area contributed by atoms with E-state index < -0.39 is 0 Å². The summed E-state index contributed by atoms with van der Waals surface area (Å²) in [5, 5.41) is 4.71. The molecule has 0 aliphatic carbocycles.